The van der Waals surface area contributed by atoms with E-state index in [1.165, 1.54) is 11.1 Å². The highest BCUT2D eigenvalue weighted by atomic mass is 16.2. The normalized spacial score (nSPS) is 17.5. The van der Waals surface area contributed by atoms with E-state index in [0.717, 1.165) is 25.7 Å². The van der Waals surface area contributed by atoms with Gasteiger partial charge in [0, 0.05) is 6.42 Å². The van der Waals surface area contributed by atoms with Crippen molar-refractivity contribution in [1.29, 1.82) is 0 Å². The van der Waals surface area contributed by atoms with Gasteiger partial charge in [0.25, 0.3) is 0 Å². The van der Waals surface area contributed by atoms with Crippen LogP contribution in [-0.4, -0.2) is 23.9 Å². The van der Waals surface area contributed by atoms with Crippen molar-refractivity contribution < 1.29 is 9.59 Å². The van der Waals surface area contributed by atoms with E-state index in [-0.39, 0.29) is 17.9 Å². The Bertz CT molecular complexity index is 635. The Balaban J connectivity index is 1.63. The van der Waals surface area contributed by atoms with Gasteiger partial charge in [-0.05, 0) is 45.1 Å². The van der Waals surface area contributed by atoms with Crippen LogP contribution in [0.4, 0.5) is 0 Å². The SMILES string of the molecule is CC1=CC=C[C@@H](NC(=O)[C@H](C)NC(=O)CCCCc2ccccc2)C1. The van der Waals surface area contributed by atoms with E-state index in [4.69, 9.17) is 0 Å². The first-order valence-corrected chi connectivity index (χ1v) is 9.02. The molecule has 0 saturated heterocycles. The number of allylic oxidation sites excluding steroid dienone is 2. The van der Waals surface area contributed by atoms with Crippen LogP contribution in [0.25, 0.3) is 0 Å². The lowest BCUT2D eigenvalue weighted by molar-refractivity contribution is -0.128. The lowest BCUT2D eigenvalue weighted by Gasteiger charge is -2.21. The van der Waals surface area contributed by atoms with Crippen molar-refractivity contribution in [3.63, 3.8) is 0 Å². The van der Waals surface area contributed by atoms with E-state index >= 15 is 0 Å². The highest BCUT2D eigenvalue weighted by Crippen LogP contribution is 2.11. The molecule has 0 fully saturated rings. The Morgan fingerprint density at radius 2 is 1.96 bits per heavy atom. The van der Waals surface area contributed by atoms with Gasteiger partial charge in [-0.3, -0.25) is 9.59 Å². The summed E-state index contributed by atoms with van der Waals surface area (Å²) in [6.45, 7) is 3.77. The molecule has 0 bridgehead atoms. The van der Waals surface area contributed by atoms with Crippen LogP contribution in [0.5, 0.6) is 0 Å². The van der Waals surface area contributed by atoms with E-state index in [2.05, 4.69) is 22.8 Å². The second-order valence-corrected chi connectivity index (χ2v) is 6.70. The summed E-state index contributed by atoms with van der Waals surface area (Å²) in [6.07, 6.45) is 10.0. The molecule has 1 aromatic carbocycles. The summed E-state index contributed by atoms with van der Waals surface area (Å²) in [6, 6.07) is 9.77. The third-order valence-corrected chi connectivity index (χ3v) is 4.33. The highest BCUT2D eigenvalue weighted by molar-refractivity contribution is 5.87. The molecule has 25 heavy (non-hydrogen) atoms. The molecular formula is C21H28N2O2. The van der Waals surface area contributed by atoms with Gasteiger partial charge in [0.15, 0.2) is 0 Å². The zero-order valence-electron chi connectivity index (χ0n) is 15.1. The first-order chi connectivity index (χ1) is 12.0. The first-order valence-electron chi connectivity index (χ1n) is 9.02. The lowest BCUT2D eigenvalue weighted by Crippen LogP contribution is -2.47. The lowest BCUT2D eigenvalue weighted by atomic mass is 10.0. The number of hydrogen-bond donors (Lipinski definition) is 2. The fourth-order valence-corrected chi connectivity index (χ4v) is 2.88. The molecule has 0 heterocycles. The van der Waals surface area contributed by atoms with Gasteiger partial charge in [-0.15, -0.1) is 0 Å². The molecule has 0 unspecified atom stereocenters. The topological polar surface area (TPSA) is 58.2 Å². The van der Waals surface area contributed by atoms with Crippen molar-refractivity contribution >= 4 is 11.8 Å². The second kappa shape index (κ2) is 9.82. The Hall–Kier alpha value is -2.36. The fourth-order valence-electron chi connectivity index (χ4n) is 2.88. The average Bonchev–Trinajstić information content (AvgIpc) is 2.59. The smallest absolute Gasteiger partial charge is 0.242 e. The maximum absolute atomic E-state index is 12.2. The van der Waals surface area contributed by atoms with Gasteiger partial charge >= 0.3 is 0 Å². The van der Waals surface area contributed by atoms with E-state index in [1.807, 2.05) is 43.4 Å². The van der Waals surface area contributed by atoms with Crippen LogP contribution in [-0.2, 0) is 16.0 Å². The summed E-state index contributed by atoms with van der Waals surface area (Å²) in [4.78, 5) is 24.2. The Morgan fingerprint density at radius 1 is 1.20 bits per heavy atom. The standard InChI is InChI=1S/C21H28N2O2/c1-16-9-8-13-19(15-16)23-21(25)17(2)22-20(24)14-7-6-12-18-10-4-3-5-11-18/h3-5,8-11,13,17,19H,6-7,12,14-15H2,1-2H3,(H,22,24)(H,23,25)/t17-,19+/m0/s1. The Labute approximate surface area is 150 Å². The minimum absolute atomic E-state index is 0.0164. The summed E-state index contributed by atoms with van der Waals surface area (Å²) < 4.78 is 0. The van der Waals surface area contributed by atoms with Crippen molar-refractivity contribution in [2.75, 3.05) is 0 Å². The molecule has 2 atom stereocenters. The number of unbranched alkanes of at least 4 members (excludes halogenated alkanes) is 1. The van der Waals surface area contributed by atoms with Crippen LogP contribution in [0, 0.1) is 0 Å². The monoisotopic (exact) mass is 340 g/mol. The van der Waals surface area contributed by atoms with Crippen LogP contribution in [0.2, 0.25) is 0 Å². The second-order valence-electron chi connectivity index (χ2n) is 6.70. The number of carbonyl (C=O) groups is 2. The highest BCUT2D eigenvalue weighted by Gasteiger charge is 2.18. The van der Waals surface area contributed by atoms with Gasteiger partial charge in [-0.2, -0.15) is 0 Å². The predicted molar refractivity (Wildman–Crippen MR) is 101 cm³/mol. The number of rotatable bonds is 8. The van der Waals surface area contributed by atoms with Gasteiger partial charge in [0.05, 0.1) is 6.04 Å². The Kier molecular flexibility index (Phi) is 7.45. The van der Waals surface area contributed by atoms with Crippen molar-refractivity contribution in [3.8, 4) is 0 Å². The van der Waals surface area contributed by atoms with Crippen LogP contribution in [0.1, 0.15) is 45.1 Å². The quantitative estimate of drug-likeness (QED) is 0.714. The van der Waals surface area contributed by atoms with Gasteiger partial charge in [-0.25, -0.2) is 0 Å². The zero-order valence-corrected chi connectivity index (χ0v) is 15.1. The van der Waals surface area contributed by atoms with Crippen molar-refractivity contribution in [2.45, 2.75) is 58.0 Å². The number of benzene rings is 1. The van der Waals surface area contributed by atoms with E-state index in [0.29, 0.717) is 6.42 Å². The molecule has 0 aromatic heterocycles. The van der Waals surface area contributed by atoms with Crippen molar-refractivity contribution in [2.24, 2.45) is 0 Å². The maximum Gasteiger partial charge on any atom is 0.242 e. The molecule has 2 amide bonds. The molecule has 2 N–H and O–H groups in total. The number of hydrogen-bond acceptors (Lipinski definition) is 2. The molecule has 2 rings (SSSR count). The largest absolute Gasteiger partial charge is 0.348 e. The van der Waals surface area contributed by atoms with Crippen LogP contribution < -0.4 is 10.6 Å². The first kappa shape index (κ1) is 19.0. The van der Waals surface area contributed by atoms with Crippen molar-refractivity contribution in [1.82, 2.24) is 10.6 Å². The summed E-state index contributed by atoms with van der Waals surface area (Å²) in [7, 11) is 0. The minimum Gasteiger partial charge on any atom is -0.348 e. The van der Waals surface area contributed by atoms with Gasteiger partial charge in [0.1, 0.15) is 6.04 Å². The van der Waals surface area contributed by atoms with E-state index in [9.17, 15) is 9.59 Å². The van der Waals surface area contributed by atoms with Gasteiger partial charge < -0.3 is 10.6 Å². The molecule has 1 aliphatic carbocycles. The summed E-state index contributed by atoms with van der Waals surface area (Å²) in [5.41, 5.74) is 2.53. The molecule has 1 aliphatic rings. The van der Waals surface area contributed by atoms with E-state index in [1.54, 1.807) is 6.92 Å². The number of aryl methyl sites for hydroxylation is 1. The number of carbonyl (C=O) groups excluding carboxylic acids is 2. The van der Waals surface area contributed by atoms with Gasteiger partial charge in [-0.1, -0.05) is 54.1 Å². The number of nitrogens with one attached hydrogen (secondary N) is 2. The van der Waals surface area contributed by atoms with Crippen LogP contribution in [0.3, 0.4) is 0 Å². The molecule has 0 aliphatic heterocycles. The van der Waals surface area contributed by atoms with Crippen molar-refractivity contribution in [3.05, 3.63) is 59.7 Å². The molecule has 1 aromatic rings. The predicted octanol–water partition coefficient (Wildman–Crippen LogP) is 3.30. The Morgan fingerprint density at radius 3 is 2.68 bits per heavy atom. The summed E-state index contributed by atoms with van der Waals surface area (Å²) >= 11 is 0. The molecule has 0 saturated carbocycles. The number of amides is 2. The maximum atomic E-state index is 12.2. The molecule has 0 spiro atoms. The molecule has 4 heteroatoms. The fraction of sp³-hybridized carbons (Fsp3) is 0.429. The van der Waals surface area contributed by atoms with Crippen LogP contribution in [0.15, 0.2) is 54.1 Å². The summed E-state index contributed by atoms with van der Waals surface area (Å²) in [5, 5.41) is 5.75. The van der Waals surface area contributed by atoms with E-state index < -0.39 is 6.04 Å². The third-order valence-electron chi connectivity index (χ3n) is 4.33. The average molecular weight is 340 g/mol. The van der Waals surface area contributed by atoms with Crippen LogP contribution >= 0.6 is 0 Å². The summed E-state index contributed by atoms with van der Waals surface area (Å²) in [5.74, 6) is -0.201. The van der Waals surface area contributed by atoms with Gasteiger partial charge in [0.2, 0.25) is 11.8 Å². The molecular weight excluding hydrogens is 312 g/mol. The zero-order chi connectivity index (χ0) is 18.1. The third kappa shape index (κ3) is 6.96. The molecule has 4 nitrogen and oxygen atoms in total. The molecule has 134 valence electrons. The molecule has 0 radical (unpaired) electrons. The minimum atomic E-state index is -0.513.